The van der Waals surface area contributed by atoms with Crippen molar-refractivity contribution in [2.45, 2.75) is 57.6 Å². The zero-order valence-electron chi connectivity index (χ0n) is 12.3. The molecule has 2 unspecified atom stereocenters. The third-order valence-corrected chi connectivity index (χ3v) is 4.66. The summed E-state index contributed by atoms with van der Waals surface area (Å²) >= 11 is 0. The summed E-state index contributed by atoms with van der Waals surface area (Å²) in [4.78, 5) is 12.4. The Labute approximate surface area is 119 Å². The number of amides is 1. The van der Waals surface area contributed by atoms with Gasteiger partial charge in [0.1, 0.15) is 5.54 Å². The standard InChI is InChI=1S/C14H25N3O3/c1-9-3-5-14(6-4-9,13(15)17-19)16-12(18)11-7-10(2)20-8-11/h9-11,19H,3-8H2,1-2H3,(H2,15,17)(H,16,18). The molecule has 2 atom stereocenters. The lowest BCUT2D eigenvalue weighted by molar-refractivity contribution is -0.126. The molecule has 2 fully saturated rings. The quantitative estimate of drug-likeness (QED) is 0.314. The molecule has 1 aliphatic heterocycles. The normalized spacial score (nSPS) is 38.7. The number of amidine groups is 1. The molecule has 1 saturated carbocycles. The van der Waals surface area contributed by atoms with E-state index >= 15 is 0 Å². The van der Waals surface area contributed by atoms with Crippen LogP contribution in [0.4, 0.5) is 0 Å². The third-order valence-electron chi connectivity index (χ3n) is 4.66. The van der Waals surface area contributed by atoms with Crippen LogP contribution in [0.25, 0.3) is 0 Å². The topological polar surface area (TPSA) is 96.9 Å². The van der Waals surface area contributed by atoms with Crippen molar-refractivity contribution < 1.29 is 14.7 Å². The summed E-state index contributed by atoms with van der Waals surface area (Å²) in [6.07, 6.45) is 4.23. The lowest BCUT2D eigenvalue weighted by Gasteiger charge is -2.39. The number of rotatable bonds is 3. The van der Waals surface area contributed by atoms with Crippen LogP contribution in [0.5, 0.6) is 0 Å². The van der Waals surface area contributed by atoms with E-state index in [-0.39, 0.29) is 23.8 Å². The number of hydrogen-bond donors (Lipinski definition) is 3. The number of hydrogen-bond acceptors (Lipinski definition) is 4. The van der Waals surface area contributed by atoms with Gasteiger partial charge in [-0.2, -0.15) is 0 Å². The molecule has 6 nitrogen and oxygen atoms in total. The molecule has 6 heteroatoms. The van der Waals surface area contributed by atoms with Gasteiger partial charge in [-0.25, -0.2) is 0 Å². The molecule has 2 aliphatic rings. The van der Waals surface area contributed by atoms with Gasteiger partial charge in [0.2, 0.25) is 5.91 Å². The van der Waals surface area contributed by atoms with E-state index < -0.39 is 5.54 Å². The number of carbonyl (C=O) groups is 1. The maximum Gasteiger partial charge on any atom is 0.226 e. The second-order valence-electron chi connectivity index (χ2n) is 6.32. The average Bonchev–Trinajstić information content (AvgIpc) is 2.87. The first-order chi connectivity index (χ1) is 9.47. The second kappa shape index (κ2) is 5.99. The van der Waals surface area contributed by atoms with Gasteiger partial charge in [-0.3, -0.25) is 4.79 Å². The summed E-state index contributed by atoms with van der Waals surface area (Å²) in [6.45, 7) is 4.61. The Bertz CT molecular complexity index is 389. The van der Waals surface area contributed by atoms with E-state index in [1.165, 1.54) is 0 Å². The van der Waals surface area contributed by atoms with Crippen molar-refractivity contribution in [1.82, 2.24) is 5.32 Å². The zero-order chi connectivity index (χ0) is 14.8. The van der Waals surface area contributed by atoms with Crippen LogP contribution < -0.4 is 11.1 Å². The van der Waals surface area contributed by atoms with E-state index in [4.69, 9.17) is 15.7 Å². The molecule has 0 aromatic carbocycles. The van der Waals surface area contributed by atoms with Gasteiger partial charge in [-0.05, 0) is 44.9 Å². The van der Waals surface area contributed by atoms with Gasteiger partial charge < -0.3 is 21.0 Å². The largest absolute Gasteiger partial charge is 0.409 e. The van der Waals surface area contributed by atoms with Gasteiger partial charge >= 0.3 is 0 Å². The lowest BCUT2D eigenvalue weighted by atomic mass is 9.76. The minimum absolute atomic E-state index is 0.0458. The molecule has 1 aliphatic carbocycles. The summed E-state index contributed by atoms with van der Waals surface area (Å²) in [5, 5.41) is 15.2. The van der Waals surface area contributed by atoms with Crippen LogP contribution in [-0.2, 0) is 9.53 Å². The molecule has 1 heterocycles. The SMILES string of the molecule is CC1CCC(NC(=O)C2COC(C)C2)(C(N)=NO)CC1. The van der Waals surface area contributed by atoms with Crippen molar-refractivity contribution in [1.29, 1.82) is 0 Å². The van der Waals surface area contributed by atoms with Crippen molar-refractivity contribution in [3.05, 3.63) is 0 Å². The number of nitrogens with two attached hydrogens (primary N) is 1. The number of nitrogens with zero attached hydrogens (tertiary/aromatic N) is 1. The molecule has 0 spiro atoms. The van der Waals surface area contributed by atoms with Crippen LogP contribution in [-0.4, -0.2) is 35.2 Å². The smallest absolute Gasteiger partial charge is 0.226 e. The van der Waals surface area contributed by atoms with Gasteiger partial charge in [0.25, 0.3) is 0 Å². The Kier molecular flexibility index (Phi) is 4.52. The van der Waals surface area contributed by atoms with Crippen LogP contribution in [0.3, 0.4) is 0 Å². The molecule has 1 amide bonds. The molecule has 2 rings (SSSR count). The fraction of sp³-hybridized carbons (Fsp3) is 0.857. The van der Waals surface area contributed by atoms with Gasteiger partial charge in [0, 0.05) is 0 Å². The fourth-order valence-corrected chi connectivity index (χ4v) is 3.13. The van der Waals surface area contributed by atoms with Crippen molar-refractivity contribution in [3.63, 3.8) is 0 Å². The highest BCUT2D eigenvalue weighted by Gasteiger charge is 2.41. The van der Waals surface area contributed by atoms with Crippen molar-refractivity contribution in [2.75, 3.05) is 6.61 Å². The second-order valence-corrected chi connectivity index (χ2v) is 6.32. The van der Waals surface area contributed by atoms with Gasteiger partial charge in [0.15, 0.2) is 5.84 Å². The van der Waals surface area contributed by atoms with Crippen LogP contribution in [0, 0.1) is 11.8 Å². The Morgan fingerprint density at radius 1 is 1.40 bits per heavy atom. The monoisotopic (exact) mass is 283 g/mol. The lowest BCUT2D eigenvalue weighted by Crippen LogP contribution is -2.60. The highest BCUT2D eigenvalue weighted by Crippen LogP contribution is 2.33. The first kappa shape index (κ1) is 15.1. The first-order valence-corrected chi connectivity index (χ1v) is 7.38. The van der Waals surface area contributed by atoms with E-state index in [0.29, 0.717) is 12.5 Å². The molecule has 0 bridgehead atoms. The summed E-state index contributed by atoms with van der Waals surface area (Å²) in [6, 6.07) is 0. The number of oxime groups is 1. The van der Waals surface area contributed by atoms with Crippen molar-refractivity contribution in [2.24, 2.45) is 22.7 Å². The molecule has 0 aromatic heterocycles. The molecule has 114 valence electrons. The van der Waals surface area contributed by atoms with Crippen LogP contribution >= 0.6 is 0 Å². The number of ether oxygens (including phenoxy) is 1. The van der Waals surface area contributed by atoms with Crippen molar-refractivity contribution >= 4 is 11.7 Å². The van der Waals surface area contributed by atoms with E-state index in [0.717, 1.165) is 32.1 Å². The molecule has 0 aromatic rings. The predicted molar refractivity (Wildman–Crippen MR) is 75.4 cm³/mol. The van der Waals surface area contributed by atoms with Crippen LogP contribution in [0.1, 0.15) is 46.0 Å². The average molecular weight is 283 g/mol. The fourth-order valence-electron chi connectivity index (χ4n) is 3.13. The molecule has 1 saturated heterocycles. The molecule has 4 N–H and O–H groups in total. The number of carbonyl (C=O) groups excluding carboxylic acids is 1. The summed E-state index contributed by atoms with van der Waals surface area (Å²) in [7, 11) is 0. The Hall–Kier alpha value is -1.30. The minimum Gasteiger partial charge on any atom is -0.409 e. The van der Waals surface area contributed by atoms with Crippen LogP contribution in [0.15, 0.2) is 5.16 Å². The van der Waals surface area contributed by atoms with Crippen molar-refractivity contribution in [3.8, 4) is 0 Å². The van der Waals surface area contributed by atoms with E-state index in [9.17, 15) is 4.79 Å². The van der Waals surface area contributed by atoms with E-state index in [2.05, 4.69) is 17.4 Å². The number of nitrogens with one attached hydrogen (secondary N) is 1. The van der Waals surface area contributed by atoms with E-state index in [1.807, 2.05) is 6.92 Å². The molecule has 0 radical (unpaired) electrons. The summed E-state index contributed by atoms with van der Waals surface area (Å²) in [5.41, 5.74) is 5.17. The maximum absolute atomic E-state index is 12.4. The Morgan fingerprint density at radius 2 is 2.05 bits per heavy atom. The predicted octanol–water partition coefficient (Wildman–Crippen LogP) is 1.22. The third kappa shape index (κ3) is 3.06. The molecular weight excluding hydrogens is 258 g/mol. The Morgan fingerprint density at radius 3 is 2.55 bits per heavy atom. The summed E-state index contributed by atoms with van der Waals surface area (Å²) < 4.78 is 5.44. The Balaban J connectivity index is 2.06. The van der Waals surface area contributed by atoms with Crippen LogP contribution in [0.2, 0.25) is 0 Å². The minimum atomic E-state index is -0.690. The van der Waals surface area contributed by atoms with Gasteiger partial charge in [-0.1, -0.05) is 12.1 Å². The highest BCUT2D eigenvalue weighted by atomic mass is 16.5. The summed E-state index contributed by atoms with van der Waals surface area (Å²) in [5.74, 6) is 0.550. The highest BCUT2D eigenvalue weighted by molar-refractivity contribution is 5.94. The zero-order valence-corrected chi connectivity index (χ0v) is 12.3. The van der Waals surface area contributed by atoms with Gasteiger partial charge in [-0.15, -0.1) is 0 Å². The maximum atomic E-state index is 12.4. The van der Waals surface area contributed by atoms with Gasteiger partial charge in [0.05, 0.1) is 18.6 Å². The van der Waals surface area contributed by atoms with E-state index in [1.54, 1.807) is 0 Å². The first-order valence-electron chi connectivity index (χ1n) is 7.38. The molecule has 20 heavy (non-hydrogen) atoms. The molecular formula is C14H25N3O3.